The fraction of sp³-hybridized carbons (Fsp3) is 0.455. The van der Waals surface area contributed by atoms with Crippen molar-refractivity contribution in [2.24, 2.45) is 5.73 Å². The maximum atomic E-state index is 12.0. The van der Waals surface area contributed by atoms with Crippen LogP contribution in [0, 0.1) is 0 Å². The average molecular weight is 265 g/mol. The van der Waals surface area contributed by atoms with Crippen LogP contribution in [-0.2, 0) is 6.42 Å². The van der Waals surface area contributed by atoms with Crippen LogP contribution in [0.15, 0.2) is 18.2 Å². The SMILES string of the molecule is COc1cc(OC(F)(F)F)ccc1CC(N)CO. The van der Waals surface area contributed by atoms with Gasteiger partial charge in [-0.1, -0.05) is 6.07 Å². The van der Waals surface area contributed by atoms with E-state index >= 15 is 0 Å². The van der Waals surface area contributed by atoms with Gasteiger partial charge in [-0.2, -0.15) is 0 Å². The lowest BCUT2D eigenvalue weighted by Gasteiger charge is -2.14. The summed E-state index contributed by atoms with van der Waals surface area (Å²) < 4.78 is 44.8. The zero-order chi connectivity index (χ0) is 13.8. The Labute approximate surface area is 102 Å². The highest BCUT2D eigenvalue weighted by molar-refractivity contribution is 5.41. The number of hydrogen-bond donors (Lipinski definition) is 2. The molecule has 0 saturated carbocycles. The summed E-state index contributed by atoms with van der Waals surface area (Å²) in [6.07, 6.45) is -4.44. The number of aliphatic hydroxyl groups excluding tert-OH is 1. The third-order valence-electron chi connectivity index (χ3n) is 2.21. The Morgan fingerprint density at radius 1 is 1.39 bits per heavy atom. The molecular weight excluding hydrogens is 251 g/mol. The van der Waals surface area contributed by atoms with Crippen LogP contribution < -0.4 is 15.2 Å². The number of ether oxygens (including phenoxy) is 2. The summed E-state index contributed by atoms with van der Waals surface area (Å²) in [6.45, 7) is -0.218. The average Bonchev–Trinajstić information content (AvgIpc) is 2.28. The van der Waals surface area contributed by atoms with Crippen LogP contribution in [-0.4, -0.2) is 31.2 Å². The molecule has 0 amide bonds. The van der Waals surface area contributed by atoms with Gasteiger partial charge in [0.25, 0.3) is 0 Å². The minimum absolute atomic E-state index is 0.218. The first-order valence-electron chi connectivity index (χ1n) is 5.15. The maximum Gasteiger partial charge on any atom is 0.573 e. The topological polar surface area (TPSA) is 64.7 Å². The summed E-state index contributed by atoms with van der Waals surface area (Å²) in [5.74, 6) is -0.124. The first-order valence-corrected chi connectivity index (χ1v) is 5.15. The van der Waals surface area contributed by atoms with Crippen molar-refractivity contribution in [3.63, 3.8) is 0 Å². The highest BCUT2D eigenvalue weighted by atomic mass is 19.4. The monoisotopic (exact) mass is 265 g/mol. The van der Waals surface area contributed by atoms with Gasteiger partial charge in [-0.3, -0.25) is 0 Å². The molecule has 7 heteroatoms. The lowest BCUT2D eigenvalue weighted by Crippen LogP contribution is -2.27. The van der Waals surface area contributed by atoms with Crippen LogP contribution >= 0.6 is 0 Å². The molecule has 0 bridgehead atoms. The highest BCUT2D eigenvalue weighted by Gasteiger charge is 2.31. The quantitative estimate of drug-likeness (QED) is 0.846. The van der Waals surface area contributed by atoms with Crippen LogP contribution in [0.1, 0.15) is 5.56 Å². The Morgan fingerprint density at radius 3 is 2.56 bits per heavy atom. The van der Waals surface area contributed by atoms with Gasteiger partial charge in [0.05, 0.1) is 13.7 Å². The van der Waals surface area contributed by atoms with E-state index in [1.807, 2.05) is 0 Å². The molecule has 18 heavy (non-hydrogen) atoms. The molecule has 0 aromatic heterocycles. The Kier molecular flexibility index (Phi) is 4.80. The molecule has 0 aliphatic heterocycles. The number of alkyl halides is 3. The molecule has 3 N–H and O–H groups in total. The fourth-order valence-electron chi connectivity index (χ4n) is 1.44. The minimum Gasteiger partial charge on any atom is -0.496 e. The Balaban J connectivity index is 2.89. The Bertz CT molecular complexity index is 396. The third kappa shape index (κ3) is 4.42. The van der Waals surface area contributed by atoms with Gasteiger partial charge in [-0.25, -0.2) is 0 Å². The summed E-state index contributed by atoms with van der Waals surface area (Å²) in [5.41, 5.74) is 6.16. The summed E-state index contributed by atoms with van der Waals surface area (Å²) in [5, 5.41) is 8.83. The van der Waals surface area contributed by atoms with E-state index in [0.29, 0.717) is 12.0 Å². The Morgan fingerprint density at radius 2 is 2.06 bits per heavy atom. The molecule has 0 radical (unpaired) electrons. The van der Waals surface area contributed by atoms with Crippen LogP contribution in [0.2, 0.25) is 0 Å². The van der Waals surface area contributed by atoms with Crippen molar-refractivity contribution < 1.29 is 27.8 Å². The molecule has 1 aromatic carbocycles. The van der Waals surface area contributed by atoms with Crippen molar-refractivity contribution >= 4 is 0 Å². The van der Waals surface area contributed by atoms with E-state index in [1.54, 1.807) is 0 Å². The molecule has 0 aliphatic rings. The predicted octanol–water partition coefficient (Wildman–Crippen LogP) is 1.46. The zero-order valence-corrected chi connectivity index (χ0v) is 9.70. The second-order valence-electron chi connectivity index (χ2n) is 3.67. The zero-order valence-electron chi connectivity index (χ0n) is 9.70. The van der Waals surface area contributed by atoms with E-state index < -0.39 is 12.4 Å². The van der Waals surface area contributed by atoms with Gasteiger partial charge in [-0.15, -0.1) is 13.2 Å². The maximum absolute atomic E-state index is 12.0. The smallest absolute Gasteiger partial charge is 0.496 e. The van der Waals surface area contributed by atoms with Crippen LogP contribution in [0.5, 0.6) is 11.5 Å². The van der Waals surface area contributed by atoms with Crippen molar-refractivity contribution in [3.05, 3.63) is 23.8 Å². The van der Waals surface area contributed by atoms with E-state index in [2.05, 4.69) is 4.74 Å². The van der Waals surface area contributed by atoms with E-state index in [9.17, 15) is 13.2 Å². The molecule has 1 atom stereocenters. The largest absolute Gasteiger partial charge is 0.573 e. The van der Waals surface area contributed by atoms with Gasteiger partial charge in [0, 0.05) is 12.1 Å². The molecular formula is C11H14F3NO3. The van der Waals surface area contributed by atoms with E-state index in [4.69, 9.17) is 15.6 Å². The van der Waals surface area contributed by atoms with Gasteiger partial charge in [0.2, 0.25) is 0 Å². The fourth-order valence-corrected chi connectivity index (χ4v) is 1.44. The molecule has 1 rings (SSSR count). The summed E-state index contributed by atoms with van der Waals surface area (Å²) in [4.78, 5) is 0. The second kappa shape index (κ2) is 5.92. The highest BCUT2D eigenvalue weighted by Crippen LogP contribution is 2.29. The molecule has 0 fully saturated rings. The molecule has 1 aromatic rings. The molecule has 0 aliphatic carbocycles. The number of halogens is 3. The minimum atomic E-state index is -4.74. The molecule has 1 unspecified atom stereocenters. The molecule has 0 spiro atoms. The first-order chi connectivity index (χ1) is 8.35. The van der Waals surface area contributed by atoms with Crippen molar-refractivity contribution in [3.8, 4) is 11.5 Å². The van der Waals surface area contributed by atoms with Crippen LogP contribution in [0.25, 0.3) is 0 Å². The third-order valence-corrected chi connectivity index (χ3v) is 2.21. The lowest BCUT2D eigenvalue weighted by molar-refractivity contribution is -0.274. The standard InChI is InChI=1S/C11H14F3NO3/c1-17-10-5-9(18-11(12,13)14)3-2-7(10)4-8(15)6-16/h2-3,5,8,16H,4,6,15H2,1H3. The van der Waals surface area contributed by atoms with Crippen molar-refractivity contribution in [2.45, 2.75) is 18.8 Å². The number of methoxy groups -OCH3 is 1. The number of nitrogens with two attached hydrogens (primary N) is 1. The van der Waals surface area contributed by atoms with Crippen molar-refractivity contribution in [1.82, 2.24) is 0 Å². The van der Waals surface area contributed by atoms with E-state index in [0.717, 1.165) is 6.07 Å². The van der Waals surface area contributed by atoms with Gasteiger partial charge in [0.15, 0.2) is 0 Å². The summed E-state index contributed by atoms with van der Waals surface area (Å²) >= 11 is 0. The first kappa shape index (κ1) is 14.6. The van der Waals surface area contributed by atoms with E-state index in [1.165, 1.54) is 19.2 Å². The summed E-state index contributed by atoms with van der Waals surface area (Å²) in [6, 6.07) is 3.24. The van der Waals surface area contributed by atoms with Crippen molar-refractivity contribution in [2.75, 3.05) is 13.7 Å². The Hall–Kier alpha value is -1.47. The number of hydrogen-bond acceptors (Lipinski definition) is 4. The molecule has 102 valence electrons. The van der Waals surface area contributed by atoms with E-state index in [-0.39, 0.29) is 18.1 Å². The van der Waals surface area contributed by atoms with Gasteiger partial charge in [0.1, 0.15) is 11.5 Å². The van der Waals surface area contributed by atoms with Crippen molar-refractivity contribution in [1.29, 1.82) is 0 Å². The second-order valence-corrected chi connectivity index (χ2v) is 3.67. The normalized spacial score (nSPS) is 13.2. The number of benzene rings is 1. The lowest BCUT2D eigenvalue weighted by atomic mass is 10.1. The van der Waals surface area contributed by atoms with Crippen LogP contribution in [0.4, 0.5) is 13.2 Å². The molecule has 4 nitrogen and oxygen atoms in total. The molecule has 0 heterocycles. The number of rotatable bonds is 5. The van der Waals surface area contributed by atoms with Crippen LogP contribution in [0.3, 0.4) is 0 Å². The number of aliphatic hydroxyl groups is 1. The predicted molar refractivity (Wildman–Crippen MR) is 58.4 cm³/mol. The summed E-state index contributed by atoms with van der Waals surface area (Å²) in [7, 11) is 1.33. The van der Waals surface area contributed by atoms with Gasteiger partial charge < -0.3 is 20.3 Å². The molecule has 0 saturated heterocycles. The van der Waals surface area contributed by atoms with Gasteiger partial charge >= 0.3 is 6.36 Å². The van der Waals surface area contributed by atoms with Gasteiger partial charge in [-0.05, 0) is 18.1 Å².